The second-order valence-corrected chi connectivity index (χ2v) is 5.57. The maximum atomic E-state index is 12.5. The van der Waals surface area contributed by atoms with Gasteiger partial charge in [-0.15, -0.1) is 0 Å². The number of hydrogen-bond donors (Lipinski definition) is 2. The number of phenolic OH excluding ortho intramolecular Hbond substituents is 1. The topological polar surface area (TPSA) is 66.6 Å². The molecule has 0 saturated carbocycles. The Labute approximate surface area is 120 Å². The second kappa shape index (κ2) is 6.75. The van der Waals surface area contributed by atoms with E-state index in [1.54, 1.807) is 12.1 Å². The summed E-state index contributed by atoms with van der Waals surface area (Å²) in [4.78, 5) is 14.5. The van der Waals surface area contributed by atoms with E-state index in [4.69, 9.17) is 5.73 Å². The summed E-state index contributed by atoms with van der Waals surface area (Å²) in [6.07, 6.45) is 4.89. The van der Waals surface area contributed by atoms with E-state index in [0.717, 1.165) is 31.4 Å². The SMILES string of the molecule is CCC1CCCCN1C(=O)[C@H](N)Cc1ccc(O)cc1. The zero-order valence-electron chi connectivity index (χ0n) is 12.1. The molecule has 1 aromatic carbocycles. The predicted octanol–water partition coefficient (Wildman–Crippen LogP) is 2.05. The van der Waals surface area contributed by atoms with Crippen LogP contribution in [-0.2, 0) is 11.2 Å². The number of carbonyl (C=O) groups excluding carboxylic acids is 1. The first-order valence-corrected chi connectivity index (χ1v) is 7.45. The summed E-state index contributed by atoms with van der Waals surface area (Å²) < 4.78 is 0. The lowest BCUT2D eigenvalue weighted by Gasteiger charge is -2.36. The van der Waals surface area contributed by atoms with Crippen LogP contribution in [0.15, 0.2) is 24.3 Å². The van der Waals surface area contributed by atoms with Crippen molar-refractivity contribution in [1.82, 2.24) is 4.90 Å². The van der Waals surface area contributed by atoms with Crippen LogP contribution in [0.4, 0.5) is 0 Å². The first-order chi connectivity index (χ1) is 9.61. The predicted molar refractivity (Wildman–Crippen MR) is 79.4 cm³/mol. The Balaban J connectivity index is 1.98. The Hall–Kier alpha value is -1.55. The zero-order valence-corrected chi connectivity index (χ0v) is 12.1. The average Bonchev–Trinajstić information content (AvgIpc) is 2.48. The standard InChI is InChI=1S/C16H24N2O2/c1-2-13-5-3-4-10-18(13)16(20)15(17)11-12-6-8-14(19)9-7-12/h6-9,13,15,19H,2-5,10-11,17H2,1H3/t13?,15-/m1/s1. The number of carbonyl (C=O) groups is 1. The van der Waals surface area contributed by atoms with E-state index < -0.39 is 6.04 Å². The van der Waals surface area contributed by atoms with Gasteiger partial charge in [-0.1, -0.05) is 19.1 Å². The molecule has 1 saturated heterocycles. The van der Waals surface area contributed by atoms with Gasteiger partial charge in [-0.3, -0.25) is 4.79 Å². The maximum Gasteiger partial charge on any atom is 0.240 e. The van der Waals surface area contributed by atoms with Gasteiger partial charge in [-0.2, -0.15) is 0 Å². The highest BCUT2D eigenvalue weighted by atomic mass is 16.3. The van der Waals surface area contributed by atoms with Gasteiger partial charge in [-0.05, 0) is 49.8 Å². The number of phenols is 1. The van der Waals surface area contributed by atoms with Gasteiger partial charge in [0.1, 0.15) is 5.75 Å². The zero-order chi connectivity index (χ0) is 14.5. The number of nitrogens with zero attached hydrogens (tertiary/aromatic N) is 1. The number of piperidine rings is 1. The summed E-state index contributed by atoms with van der Waals surface area (Å²) in [5.41, 5.74) is 7.06. The molecule has 1 heterocycles. The van der Waals surface area contributed by atoms with Crippen molar-refractivity contribution >= 4 is 5.91 Å². The minimum atomic E-state index is -0.494. The molecule has 1 fully saturated rings. The van der Waals surface area contributed by atoms with Crippen LogP contribution < -0.4 is 5.73 Å². The maximum absolute atomic E-state index is 12.5. The quantitative estimate of drug-likeness (QED) is 0.884. The van der Waals surface area contributed by atoms with Gasteiger partial charge in [0.2, 0.25) is 5.91 Å². The second-order valence-electron chi connectivity index (χ2n) is 5.57. The van der Waals surface area contributed by atoms with Crippen LogP contribution in [-0.4, -0.2) is 34.5 Å². The number of hydrogen-bond acceptors (Lipinski definition) is 3. The molecule has 4 heteroatoms. The summed E-state index contributed by atoms with van der Waals surface area (Å²) in [7, 11) is 0. The van der Waals surface area contributed by atoms with Gasteiger partial charge >= 0.3 is 0 Å². The molecular weight excluding hydrogens is 252 g/mol. The van der Waals surface area contributed by atoms with Crippen molar-refractivity contribution < 1.29 is 9.90 Å². The monoisotopic (exact) mass is 276 g/mol. The van der Waals surface area contributed by atoms with Gasteiger partial charge in [0.15, 0.2) is 0 Å². The summed E-state index contributed by atoms with van der Waals surface area (Å²) in [6.45, 7) is 2.96. The normalized spacial score (nSPS) is 20.7. The molecule has 2 rings (SSSR count). The largest absolute Gasteiger partial charge is 0.508 e. The lowest BCUT2D eigenvalue weighted by molar-refractivity contribution is -0.136. The number of aromatic hydroxyl groups is 1. The van der Waals surface area contributed by atoms with Crippen molar-refractivity contribution in [3.63, 3.8) is 0 Å². The molecule has 1 unspecified atom stereocenters. The molecule has 1 amide bonds. The first kappa shape index (κ1) is 14.9. The molecule has 0 radical (unpaired) electrons. The van der Waals surface area contributed by atoms with E-state index in [1.165, 1.54) is 6.42 Å². The summed E-state index contributed by atoms with van der Waals surface area (Å²) in [6, 6.07) is 6.74. The molecule has 3 N–H and O–H groups in total. The number of likely N-dealkylation sites (tertiary alicyclic amines) is 1. The summed E-state index contributed by atoms with van der Waals surface area (Å²) >= 11 is 0. The van der Waals surface area contributed by atoms with Gasteiger partial charge in [0.05, 0.1) is 6.04 Å². The Morgan fingerprint density at radius 3 is 2.75 bits per heavy atom. The molecule has 0 spiro atoms. The van der Waals surface area contributed by atoms with E-state index in [1.807, 2.05) is 17.0 Å². The van der Waals surface area contributed by atoms with E-state index in [-0.39, 0.29) is 11.7 Å². The van der Waals surface area contributed by atoms with Crippen LogP contribution in [0.5, 0.6) is 5.75 Å². The molecule has 1 aliphatic heterocycles. The van der Waals surface area contributed by atoms with Crippen molar-refractivity contribution in [2.75, 3.05) is 6.54 Å². The van der Waals surface area contributed by atoms with Crippen LogP contribution in [0.3, 0.4) is 0 Å². The number of rotatable bonds is 4. The third-order valence-electron chi connectivity index (χ3n) is 4.09. The highest BCUT2D eigenvalue weighted by molar-refractivity contribution is 5.82. The molecule has 1 aliphatic rings. The van der Waals surface area contributed by atoms with Gasteiger partial charge in [0.25, 0.3) is 0 Å². The molecule has 0 bridgehead atoms. The van der Waals surface area contributed by atoms with E-state index in [0.29, 0.717) is 12.5 Å². The van der Waals surface area contributed by atoms with Crippen molar-refractivity contribution in [2.24, 2.45) is 5.73 Å². The molecule has 1 aromatic rings. The average molecular weight is 276 g/mol. The van der Waals surface area contributed by atoms with Crippen molar-refractivity contribution in [1.29, 1.82) is 0 Å². The van der Waals surface area contributed by atoms with Crippen LogP contribution in [0.2, 0.25) is 0 Å². The molecular formula is C16H24N2O2. The molecule has 0 aromatic heterocycles. The Morgan fingerprint density at radius 1 is 1.40 bits per heavy atom. The molecule has 0 aliphatic carbocycles. The van der Waals surface area contributed by atoms with Crippen LogP contribution in [0.1, 0.15) is 38.2 Å². The highest BCUT2D eigenvalue weighted by Gasteiger charge is 2.28. The third-order valence-corrected chi connectivity index (χ3v) is 4.09. The number of benzene rings is 1. The van der Waals surface area contributed by atoms with Crippen molar-refractivity contribution in [2.45, 2.75) is 51.1 Å². The van der Waals surface area contributed by atoms with Gasteiger partial charge < -0.3 is 15.7 Å². The Kier molecular flexibility index (Phi) is 5.01. The van der Waals surface area contributed by atoms with E-state index in [9.17, 15) is 9.90 Å². The highest BCUT2D eigenvalue weighted by Crippen LogP contribution is 2.21. The molecule has 4 nitrogen and oxygen atoms in total. The van der Waals surface area contributed by atoms with E-state index in [2.05, 4.69) is 6.92 Å². The molecule has 110 valence electrons. The third kappa shape index (κ3) is 3.51. The number of amides is 1. The van der Waals surface area contributed by atoms with Crippen molar-refractivity contribution in [3.8, 4) is 5.75 Å². The molecule has 2 atom stereocenters. The van der Waals surface area contributed by atoms with E-state index >= 15 is 0 Å². The van der Waals surface area contributed by atoms with Crippen LogP contribution in [0, 0.1) is 0 Å². The first-order valence-electron chi connectivity index (χ1n) is 7.45. The lowest BCUT2D eigenvalue weighted by atomic mass is 9.97. The minimum Gasteiger partial charge on any atom is -0.508 e. The van der Waals surface area contributed by atoms with Crippen LogP contribution in [0.25, 0.3) is 0 Å². The fraction of sp³-hybridized carbons (Fsp3) is 0.562. The number of nitrogens with two attached hydrogens (primary N) is 1. The minimum absolute atomic E-state index is 0.0598. The van der Waals surface area contributed by atoms with Crippen LogP contribution >= 0.6 is 0 Å². The van der Waals surface area contributed by atoms with Crippen molar-refractivity contribution in [3.05, 3.63) is 29.8 Å². The Morgan fingerprint density at radius 2 is 2.10 bits per heavy atom. The smallest absolute Gasteiger partial charge is 0.240 e. The molecule has 20 heavy (non-hydrogen) atoms. The Bertz CT molecular complexity index is 444. The lowest BCUT2D eigenvalue weighted by Crippen LogP contribution is -2.51. The summed E-state index contributed by atoms with van der Waals surface area (Å²) in [5, 5.41) is 9.26. The fourth-order valence-corrected chi connectivity index (χ4v) is 2.90. The fourth-order valence-electron chi connectivity index (χ4n) is 2.90. The summed E-state index contributed by atoms with van der Waals surface area (Å²) in [5.74, 6) is 0.292. The van der Waals surface area contributed by atoms with Gasteiger partial charge in [0, 0.05) is 12.6 Å². The van der Waals surface area contributed by atoms with Gasteiger partial charge in [-0.25, -0.2) is 0 Å².